The minimum absolute atomic E-state index is 0.000833. The van der Waals surface area contributed by atoms with Crippen LogP contribution in [0, 0.1) is 0 Å². The molecule has 1 saturated carbocycles. The highest BCUT2D eigenvalue weighted by Gasteiger charge is 2.36. The van der Waals surface area contributed by atoms with Gasteiger partial charge in [-0.15, -0.1) is 0 Å². The fourth-order valence-electron chi connectivity index (χ4n) is 2.96. The molecule has 0 bridgehead atoms. The Morgan fingerprint density at radius 2 is 2.19 bits per heavy atom. The van der Waals surface area contributed by atoms with Crippen LogP contribution < -0.4 is 5.32 Å². The van der Waals surface area contributed by atoms with Crippen LogP contribution in [0.25, 0.3) is 0 Å². The van der Waals surface area contributed by atoms with E-state index in [1.807, 2.05) is 0 Å². The Hall–Kier alpha value is -0.900. The van der Waals surface area contributed by atoms with Crippen molar-refractivity contribution in [2.45, 2.75) is 50.6 Å². The van der Waals surface area contributed by atoms with E-state index in [1.54, 1.807) is 7.05 Å². The number of likely N-dealkylation sites (N-methyl/N-ethyl adjacent to an activating group) is 1. The van der Waals surface area contributed by atoms with Gasteiger partial charge < -0.3 is 5.32 Å². The van der Waals surface area contributed by atoms with Crippen molar-refractivity contribution in [3.63, 3.8) is 0 Å². The van der Waals surface area contributed by atoms with Gasteiger partial charge in [0, 0.05) is 25.9 Å². The van der Waals surface area contributed by atoms with E-state index in [0.717, 1.165) is 38.6 Å². The lowest BCUT2D eigenvalue weighted by Crippen LogP contribution is -2.48. The molecular weight excluding hydrogens is 204 g/mol. The van der Waals surface area contributed by atoms with Gasteiger partial charge in [0.25, 0.3) is 0 Å². The van der Waals surface area contributed by atoms with Gasteiger partial charge in [0.05, 0.1) is 6.04 Å². The van der Waals surface area contributed by atoms with Crippen molar-refractivity contribution in [2.75, 3.05) is 13.6 Å². The molecule has 16 heavy (non-hydrogen) atoms. The molecule has 90 valence electrons. The van der Waals surface area contributed by atoms with E-state index < -0.39 is 0 Å². The first-order valence-corrected chi connectivity index (χ1v) is 6.21. The summed E-state index contributed by atoms with van der Waals surface area (Å²) in [7, 11) is 1.69. The van der Waals surface area contributed by atoms with Crippen molar-refractivity contribution in [2.24, 2.45) is 0 Å². The van der Waals surface area contributed by atoms with Crippen LogP contribution in [0.2, 0.25) is 0 Å². The number of carbonyl (C=O) groups is 2. The molecule has 2 unspecified atom stereocenters. The molecule has 1 heterocycles. The molecule has 0 aromatic heterocycles. The smallest absolute Gasteiger partial charge is 0.237 e. The van der Waals surface area contributed by atoms with E-state index in [9.17, 15) is 9.59 Å². The zero-order valence-corrected chi connectivity index (χ0v) is 9.87. The molecule has 2 aliphatic rings. The summed E-state index contributed by atoms with van der Waals surface area (Å²) in [5.74, 6) is 0.467. The minimum atomic E-state index is 0.000833. The summed E-state index contributed by atoms with van der Waals surface area (Å²) < 4.78 is 0. The van der Waals surface area contributed by atoms with Crippen LogP contribution in [-0.2, 0) is 9.59 Å². The van der Waals surface area contributed by atoms with Crippen molar-refractivity contribution >= 4 is 11.7 Å². The van der Waals surface area contributed by atoms with Crippen molar-refractivity contribution in [1.29, 1.82) is 0 Å². The zero-order chi connectivity index (χ0) is 11.5. The maximum atomic E-state index is 11.7. The Morgan fingerprint density at radius 1 is 1.38 bits per heavy atom. The number of rotatable bonds is 2. The third-order valence-corrected chi connectivity index (χ3v) is 3.77. The predicted octanol–water partition coefficient (Wildman–Crippen LogP) is 0.708. The molecule has 0 radical (unpaired) electrons. The Bertz CT molecular complexity index is 291. The highest BCUT2D eigenvalue weighted by atomic mass is 16.2. The van der Waals surface area contributed by atoms with E-state index in [0.29, 0.717) is 18.2 Å². The van der Waals surface area contributed by atoms with Crippen molar-refractivity contribution in [3.05, 3.63) is 0 Å². The first-order chi connectivity index (χ1) is 7.72. The molecule has 0 aromatic carbocycles. The SMILES string of the molecule is CNC(=O)C1CCCN1C1CCCC(=O)C1. The van der Waals surface area contributed by atoms with Gasteiger partial charge in [-0.1, -0.05) is 0 Å². The predicted molar refractivity (Wildman–Crippen MR) is 61.1 cm³/mol. The normalized spacial score (nSPS) is 31.7. The molecular formula is C12H20N2O2. The Labute approximate surface area is 96.4 Å². The van der Waals surface area contributed by atoms with E-state index in [2.05, 4.69) is 10.2 Å². The first kappa shape index (κ1) is 11.6. The van der Waals surface area contributed by atoms with Crippen molar-refractivity contribution < 1.29 is 9.59 Å². The number of carbonyl (C=O) groups excluding carboxylic acids is 2. The molecule has 1 aliphatic carbocycles. The molecule has 1 saturated heterocycles. The lowest BCUT2D eigenvalue weighted by molar-refractivity contribution is -0.128. The largest absolute Gasteiger partial charge is 0.358 e. The maximum absolute atomic E-state index is 11.7. The molecule has 2 fully saturated rings. The Balaban J connectivity index is 2.01. The number of nitrogens with one attached hydrogen (secondary N) is 1. The number of ketones is 1. The van der Waals surface area contributed by atoms with Crippen LogP contribution in [0.3, 0.4) is 0 Å². The van der Waals surface area contributed by atoms with Crippen LogP contribution in [-0.4, -0.2) is 42.3 Å². The topological polar surface area (TPSA) is 49.4 Å². The zero-order valence-electron chi connectivity index (χ0n) is 9.87. The van der Waals surface area contributed by atoms with Crippen LogP contribution in [0.4, 0.5) is 0 Å². The molecule has 4 heteroatoms. The third kappa shape index (κ3) is 2.26. The van der Waals surface area contributed by atoms with Crippen molar-refractivity contribution in [3.8, 4) is 0 Å². The fourth-order valence-corrected chi connectivity index (χ4v) is 2.96. The number of hydrogen-bond acceptors (Lipinski definition) is 3. The summed E-state index contributed by atoms with van der Waals surface area (Å²) in [6.07, 6.45) is 5.44. The van der Waals surface area contributed by atoms with Gasteiger partial charge in [0.15, 0.2) is 0 Å². The van der Waals surface area contributed by atoms with Gasteiger partial charge in [0.1, 0.15) is 5.78 Å². The fraction of sp³-hybridized carbons (Fsp3) is 0.833. The Morgan fingerprint density at radius 3 is 2.88 bits per heavy atom. The number of amides is 1. The summed E-state index contributed by atoms with van der Waals surface area (Å²) in [4.78, 5) is 25.4. The molecule has 4 nitrogen and oxygen atoms in total. The average molecular weight is 224 g/mol. The molecule has 1 amide bonds. The van der Waals surface area contributed by atoms with Gasteiger partial charge in [0.2, 0.25) is 5.91 Å². The van der Waals surface area contributed by atoms with Crippen LogP contribution in [0.5, 0.6) is 0 Å². The summed E-state index contributed by atoms with van der Waals surface area (Å²) in [5, 5.41) is 2.72. The van der Waals surface area contributed by atoms with Gasteiger partial charge in [-0.25, -0.2) is 0 Å². The molecule has 2 rings (SSSR count). The minimum Gasteiger partial charge on any atom is -0.358 e. The van der Waals surface area contributed by atoms with Gasteiger partial charge in [-0.2, -0.15) is 0 Å². The quantitative estimate of drug-likeness (QED) is 0.751. The van der Waals surface area contributed by atoms with Gasteiger partial charge in [-0.3, -0.25) is 14.5 Å². The highest BCUT2D eigenvalue weighted by Crippen LogP contribution is 2.27. The number of hydrogen-bond donors (Lipinski definition) is 1. The van der Waals surface area contributed by atoms with E-state index >= 15 is 0 Å². The second-order valence-electron chi connectivity index (χ2n) is 4.80. The Kier molecular flexibility index (Phi) is 3.59. The molecule has 2 atom stereocenters. The second-order valence-corrected chi connectivity index (χ2v) is 4.80. The lowest BCUT2D eigenvalue weighted by Gasteiger charge is -2.34. The molecule has 1 N–H and O–H groups in total. The summed E-state index contributed by atoms with van der Waals surface area (Å²) in [6, 6.07) is 0.312. The van der Waals surface area contributed by atoms with Crippen LogP contribution in [0.15, 0.2) is 0 Å². The average Bonchev–Trinajstić information content (AvgIpc) is 2.77. The summed E-state index contributed by atoms with van der Waals surface area (Å²) in [5.41, 5.74) is 0. The summed E-state index contributed by atoms with van der Waals surface area (Å²) in [6.45, 7) is 0.968. The van der Waals surface area contributed by atoms with E-state index in [-0.39, 0.29) is 11.9 Å². The lowest BCUT2D eigenvalue weighted by atomic mass is 9.92. The van der Waals surface area contributed by atoms with E-state index in [1.165, 1.54) is 0 Å². The first-order valence-electron chi connectivity index (χ1n) is 6.21. The molecule has 0 aromatic rings. The number of likely N-dealkylation sites (tertiary alicyclic amines) is 1. The van der Waals surface area contributed by atoms with E-state index in [4.69, 9.17) is 0 Å². The van der Waals surface area contributed by atoms with Crippen molar-refractivity contribution in [1.82, 2.24) is 10.2 Å². The monoisotopic (exact) mass is 224 g/mol. The molecule has 0 spiro atoms. The number of Topliss-reactive ketones (excluding diaryl/α,β-unsaturated/α-hetero) is 1. The molecule has 1 aliphatic heterocycles. The number of nitrogens with zero attached hydrogens (tertiary/aromatic N) is 1. The highest BCUT2D eigenvalue weighted by molar-refractivity contribution is 5.82. The van der Waals surface area contributed by atoms with Crippen LogP contribution in [0.1, 0.15) is 38.5 Å². The second kappa shape index (κ2) is 4.95. The van der Waals surface area contributed by atoms with Gasteiger partial charge >= 0.3 is 0 Å². The summed E-state index contributed by atoms with van der Waals surface area (Å²) >= 11 is 0. The third-order valence-electron chi connectivity index (χ3n) is 3.77. The standard InChI is InChI=1S/C12H20N2O2/c1-13-12(16)11-6-3-7-14(11)9-4-2-5-10(15)8-9/h9,11H,2-8H2,1H3,(H,13,16). The maximum Gasteiger partial charge on any atom is 0.237 e. The van der Waals surface area contributed by atoms with Crippen LogP contribution >= 0.6 is 0 Å². The van der Waals surface area contributed by atoms with Gasteiger partial charge in [-0.05, 0) is 32.2 Å².